The van der Waals surface area contributed by atoms with Crippen molar-refractivity contribution in [1.82, 2.24) is 10.2 Å². The van der Waals surface area contributed by atoms with E-state index in [2.05, 4.69) is 10.6 Å². The zero-order chi connectivity index (χ0) is 19.8. The number of halogens is 2. The first-order valence-electron chi connectivity index (χ1n) is 9.19. The first-order valence-corrected chi connectivity index (χ1v) is 9.19. The lowest BCUT2D eigenvalue weighted by Gasteiger charge is -2.34. The number of para-hydroxylation sites is 1. The van der Waals surface area contributed by atoms with Gasteiger partial charge >= 0.3 is 0 Å². The molecule has 2 amide bonds. The molecule has 0 aromatic heterocycles. The molecule has 0 spiro atoms. The third-order valence-electron chi connectivity index (χ3n) is 4.86. The number of benzene rings is 1. The maximum Gasteiger partial charge on any atom is 0.241 e. The number of ether oxygens (including phenoxy) is 1. The first kappa shape index (κ1) is 21.2. The summed E-state index contributed by atoms with van der Waals surface area (Å²) in [4.78, 5) is 26.4. The average molecular weight is 383 g/mol. The summed E-state index contributed by atoms with van der Waals surface area (Å²) in [5, 5.41) is 5.23. The lowest BCUT2D eigenvalue weighted by atomic mass is 9.95. The molecule has 27 heavy (non-hydrogen) atoms. The van der Waals surface area contributed by atoms with Gasteiger partial charge in [0, 0.05) is 26.2 Å². The van der Waals surface area contributed by atoms with Crippen LogP contribution in [0.15, 0.2) is 18.2 Å². The van der Waals surface area contributed by atoms with Crippen LogP contribution >= 0.6 is 0 Å². The Balaban J connectivity index is 1.81. The Morgan fingerprint density at radius 3 is 2.48 bits per heavy atom. The lowest BCUT2D eigenvalue weighted by molar-refractivity contribution is -0.127. The minimum atomic E-state index is -0.806. The lowest BCUT2D eigenvalue weighted by Crippen LogP contribution is -2.48. The molecule has 2 rings (SSSR count). The Bertz CT molecular complexity index is 629. The number of amides is 2. The van der Waals surface area contributed by atoms with Gasteiger partial charge in [0.1, 0.15) is 17.3 Å². The molecule has 1 aromatic carbocycles. The molecule has 150 valence electrons. The van der Waals surface area contributed by atoms with Crippen LogP contribution in [-0.4, -0.2) is 56.1 Å². The summed E-state index contributed by atoms with van der Waals surface area (Å²) >= 11 is 0. The number of carbonyl (C=O) groups is 2. The number of hydrogen-bond donors (Lipinski definition) is 2. The Kier molecular flexibility index (Phi) is 8.12. The average Bonchev–Trinajstić information content (AvgIpc) is 2.67. The van der Waals surface area contributed by atoms with E-state index in [1.807, 2.05) is 4.90 Å². The van der Waals surface area contributed by atoms with Crippen molar-refractivity contribution in [3.63, 3.8) is 0 Å². The van der Waals surface area contributed by atoms with Gasteiger partial charge in [0.15, 0.2) is 0 Å². The molecule has 1 atom stereocenters. The molecular formula is C19H27F2N3O3. The normalized spacial score (nSPS) is 16.7. The molecule has 1 heterocycles. The van der Waals surface area contributed by atoms with Gasteiger partial charge in [0.2, 0.25) is 11.8 Å². The van der Waals surface area contributed by atoms with Crippen LogP contribution in [-0.2, 0) is 14.3 Å². The Hall–Kier alpha value is -2.06. The number of likely N-dealkylation sites (tertiary alicyclic amines) is 1. The van der Waals surface area contributed by atoms with E-state index in [1.165, 1.54) is 6.07 Å². The maximum absolute atomic E-state index is 13.7. The van der Waals surface area contributed by atoms with Crippen molar-refractivity contribution in [1.29, 1.82) is 0 Å². The predicted molar refractivity (Wildman–Crippen MR) is 98.2 cm³/mol. The number of hydrogen-bond acceptors (Lipinski definition) is 4. The Labute approximate surface area is 158 Å². The highest BCUT2D eigenvalue weighted by molar-refractivity contribution is 5.94. The second-order valence-electron chi connectivity index (χ2n) is 6.71. The fourth-order valence-electron chi connectivity index (χ4n) is 3.13. The molecule has 1 saturated heterocycles. The highest BCUT2D eigenvalue weighted by Crippen LogP contribution is 2.22. The second kappa shape index (κ2) is 10.3. The molecule has 6 nitrogen and oxygen atoms in total. The number of nitrogens with one attached hydrogen (secondary N) is 2. The minimum absolute atomic E-state index is 0.0243. The van der Waals surface area contributed by atoms with E-state index in [9.17, 15) is 18.4 Å². The molecular weight excluding hydrogens is 356 g/mol. The smallest absolute Gasteiger partial charge is 0.241 e. The molecule has 0 saturated carbocycles. The van der Waals surface area contributed by atoms with Crippen LogP contribution < -0.4 is 10.6 Å². The number of methoxy groups -OCH3 is 1. The molecule has 1 aliphatic rings. The number of nitrogens with zero attached hydrogens (tertiary/aromatic N) is 1. The van der Waals surface area contributed by atoms with E-state index in [0.29, 0.717) is 39.1 Å². The van der Waals surface area contributed by atoms with Gasteiger partial charge < -0.3 is 15.4 Å². The molecule has 1 unspecified atom stereocenters. The standard InChI is InChI=1S/C19H27F2N3O3/c1-13(18(25)23-17-15(20)5-3-6-16(17)21)24-10-7-14(8-11-24)19(26)22-9-4-12-27-2/h3,5-6,13-14H,4,7-12H2,1-2H3,(H,22,26)(H,23,25). The number of carbonyl (C=O) groups excluding carboxylic acids is 2. The Morgan fingerprint density at radius 1 is 1.26 bits per heavy atom. The van der Waals surface area contributed by atoms with E-state index in [-0.39, 0.29) is 11.8 Å². The Morgan fingerprint density at radius 2 is 1.89 bits per heavy atom. The topological polar surface area (TPSA) is 70.7 Å². The second-order valence-corrected chi connectivity index (χ2v) is 6.71. The minimum Gasteiger partial charge on any atom is -0.385 e. The van der Waals surface area contributed by atoms with Crippen LogP contribution in [0.4, 0.5) is 14.5 Å². The van der Waals surface area contributed by atoms with Crippen molar-refractivity contribution in [3.05, 3.63) is 29.8 Å². The largest absolute Gasteiger partial charge is 0.385 e. The van der Waals surface area contributed by atoms with Gasteiger partial charge in [-0.2, -0.15) is 0 Å². The molecule has 1 fully saturated rings. The fourth-order valence-corrected chi connectivity index (χ4v) is 3.13. The van der Waals surface area contributed by atoms with Gasteiger partial charge in [-0.25, -0.2) is 8.78 Å². The van der Waals surface area contributed by atoms with Gasteiger partial charge in [0.25, 0.3) is 0 Å². The van der Waals surface area contributed by atoms with Crippen LogP contribution in [0, 0.1) is 17.6 Å². The summed E-state index contributed by atoms with van der Waals surface area (Å²) in [5.41, 5.74) is -0.431. The van der Waals surface area contributed by atoms with E-state index < -0.39 is 29.3 Å². The van der Waals surface area contributed by atoms with Gasteiger partial charge in [-0.3, -0.25) is 14.5 Å². The molecule has 2 N–H and O–H groups in total. The monoisotopic (exact) mass is 383 g/mol. The predicted octanol–water partition coefficient (Wildman–Crippen LogP) is 2.16. The summed E-state index contributed by atoms with van der Waals surface area (Å²) in [6.45, 7) is 4.03. The van der Waals surface area contributed by atoms with Crippen LogP contribution in [0.3, 0.4) is 0 Å². The summed E-state index contributed by atoms with van der Waals surface area (Å²) in [5.74, 6) is -2.14. The van der Waals surface area contributed by atoms with Crippen molar-refractivity contribution in [2.24, 2.45) is 5.92 Å². The summed E-state index contributed by atoms with van der Waals surface area (Å²) in [7, 11) is 1.62. The van der Waals surface area contributed by atoms with Crippen molar-refractivity contribution in [2.45, 2.75) is 32.2 Å². The molecule has 1 aliphatic heterocycles. The quantitative estimate of drug-likeness (QED) is 0.675. The zero-order valence-corrected chi connectivity index (χ0v) is 15.8. The summed E-state index contributed by atoms with van der Waals surface area (Å²) in [6.07, 6.45) is 2.05. The third kappa shape index (κ3) is 5.97. The molecule has 0 bridgehead atoms. The number of anilines is 1. The molecule has 1 aromatic rings. The highest BCUT2D eigenvalue weighted by Gasteiger charge is 2.30. The van der Waals surface area contributed by atoms with Gasteiger partial charge in [-0.05, 0) is 51.4 Å². The SMILES string of the molecule is COCCCNC(=O)C1CCN(C(C)C(=O)Nc2c(F)cccc2F)CC1. The van der Waals surface area contributed by atoms with Crippen molar-refractivity contribution < 1.29 is 23.1 Å². The van der Waals surface area contributed by atoms with Crippen molar-refractivity contribution in [3.8, 4) is 0 Å². The number of piperidine rings is 1. The molecule has 8 heteroatoms. The number of rotatable bonds is 8. The van der Waals surface area contributed by atoms with E-state index in [1.54, 1.807) is 14.0 Å². The van der Waals surface area contributed by atoms with Crippen LogP contribution in [0.1, 0.15) is 26.2 Å². The molecule has 0 radical (unpaired) electrons. The van der Waals surface area contributed by atoms with Gasteiger partial charge in [0.05, 0.1) is 6.04 Å². The van der Waals surface area contributed by atoms with Crippen molar-refractivity contribution >= 4 is 17.5 Å². The van der Waals surface area contributed by atoms with Crippen LogP contribution in [0.5, 0.6) is 0 Å². The maximum atomic E-state index is 13.7. The summed E-state index contributed by atoms with van der Waals surface area (Å²) < 4.78 is 32.3. The van der Waals surface area contributed by atoms with E-state index in [4.69, 9.17) is 4.74 Å². The van der Waals surface area contributed by atoms with Crippen LogP contribution in [0.2, 0.25) is 0 Å². The van der Waals surface area contributed by atoms with E-state index >= 15 is 0 Å². The van der Waals surface area contributed by atoms with Crippen LogP contribution in [0.25, 0.3) is 0 Å². The zero-order valence-electron chi connectivity index (χ0n) is 15.8. The first-order chi connectivity index (χ1) is 12.9. The van der Waals surface area contributed by atoms with Gasteiger partial charge in [-0.15, -0.1) is 0 Å². The van der Waals surface area contributed by atoms with E-state index in [0.717, 1.165) is 18.6 Å². The van der Waals surface area contributed by atoms with Crippen molar-refractivity contribution in [2.75, 3.05) is 38.7 Å². The summed E-state index contributed by atoms with van der Waals surface area (Å²) in [6, 6.07) is 2.89. The molecule has 0 aliphatic carbocycles. The fraction of sp³-hybridized carbons (Fsp3) is 0.579. The van der Waals surface area contributed by atoms with Gasteiger partial charge in [-0.1, -0.05) is 6.07 Å². The highest BCUT2D eigenvalue weighted by atomic mass is 19.1. The third-order valence-corrected chi connectivity index (χ3v) is 4.86.